The van der Waals surface area contributed by atoms with Gasteiger partial charge in [0.25, 0.3) is 11.7 Å². The summed E-state index contributed by atoms with van der Waals surface area (Å²) in [5, 5.41) is 20.9. The number of aromatic carboxylic acids is 1. The molecule has 1 fully saturated rings. The van der Waals surface area contributed by atoms with Crippen LogP contribution in [-0.4, -0.2) is 54.0 Å². The molecule has 3 aromatic carbocycles. The van der Waals surface area contributed by atoms with Crippen LogP contribution in [0.25, 0.3) is 5.76 Å². The van der Waals surface area contributed by atoms with Crippen molar-refractivity contribution in [3.63, 3.8) is 0 Å². The van der Waals surface area contributed by atoms with Crippen LogP contribution in [0.1, 0.15) is 33.1 Å². The van der Waals surface area contributed by atoms with Crippen LogP contribution in [0.4, 0.5) is 5.69 Å². The zero-order chi connectivity index (χ0) is 26.9. The second-order valence-electron chi connectivity index (χ2n) is 8.76. The zero-order valence-electron chi connectivity index (χ0n) is 20.4. The molecule has 1 atom stereocenters. The van der Waals surface area contributed by atoms with Gasteiger partial charge in [0, 0.05) is 31.4 Å². The number of hydrogen-bond donors (Lipinski definition) is 2. The normalized spacial score (nSPS) is 16.6. The summed E-state index contributed by atoms with van der Waals surface area (Å²) in [6.07, 6.45) is 0. The van der Waals surface area contributed by atoms with Crippen LogP contribution < -0.4 is 9.64 Å². The molecule has 190 valence electrons. The molecule has 0 aromatic heterocycles. The molecule has 1 saturated heterocycles. The number of halogens is 1. The van der Waals surface area contributed by atoms with E-state index in [-0.39, 0.29) is 23.2 Å². The van der Waals surface area contributed by atoms with Gasteiger partial charge in [0.15, 0.2) is 0 Å². The van der Waals surface area contributed by atoms with Crippen molar-refractivity contribution in [2.24, 2.45) is 0 Å². The predicted molar refractivity (Wildman–Crippen MR) is 140 cm³/mol. The fourth-order valence-corrected chi connectivity index (χ4v) is 4.48. The highest BCUT2D eigenvalue weighted by atomic mass is 35.5. The van der Waals surface area contributed by atoms with Crippen LogP contribution in [0, 0.1) is 0 Å². The minimum absolute atomic E-state index is 0.0219. The van der Waals surface area contributed by atoms with Crippen LogP contribution in [0.5, 0.6) is 5.75 Å². The first-order chi connectivity index (χ1) is 17.6. The van der Waals surface area contributed by atoms with Crippen LogP contribution in [0.3, 0.4) is 0 Å². The molecule has 0 aliphatic carbocycles. The van der Waals surface area contributed by atoms with E-state index >= 15 is 0 Å². The van der Waals surface area contributed by atoms with E-state index in [0.717, 1.165) is 5.69 Å². The second kappa shape index (κ2) is 10.4. The number of nitrogens with zero attached hydrogens (tertiary/aromatic N) is 2. The summed E-state index contributed by atoms with van der Waals surface area (Å²) in [7, 11) is 5.22. The summed E-state index contributed by atoms with van der Waals surface area (Å²) in [5.41, 5.74) is 2.37. The Kier molecular flexibility index (Phi) is 7.22. The number of carboxylic acids is 1. The monoisotopic (exact) mass is 520 g/mol. The Labute approximate surface area is 219 Å². The van der Waals surface area contributed by atoms with E-state index in [1.165, 1.54) is 30.2 Å². The van der Waals surface area contributed by atoms with Crippen LogP contribution >= 0.6 is 11.6 Å². The van der Waals surface area contributed by atoms with Crippen molar-refractivity contribution in [3.8, 4) is 5.75 Å². The Morgan fingerprint density at radius 3 is 2.22 bits per heavy atom. The molecule has 1 aliphatic heterocycles. The van der Waals surface area contributed by atoms with Gasteiger partial charge in [-0.2, -0.15) is 0 Å². The molecule has 1 heterocycles. The molecule has 0 radical (unpaired) electrons. The zero-order valence-corrected chi connectivity index (χ0v) is 21.2. The van der Waals surface area contributed by atoms with E-state index in [0.29, 0.717) is 21.9 Å². The molecule has 1 aliphatic rings. The number of hydrogen-bond acceptors (Lipinski definition) is 6. The number of ether oxygens (including phenoxy) is 1. The van der Waals surface area contributed by atoms with Gasteiger partial charge < -0.3 is 24.7 Å². The number of carbonyl (C=O) groups is 3. The van der Waals surface area contributed by atoms with E-state index in [1.807, 2.05) is 31.1 Å². The Morgan fingerprint density at radius 1 is 1.00 bits per heavy atom. The molecular formula is C28H25ClN2O6. The van der Waals surface area contributed by atoms with E-state index in [2.05, 4.69) is 0 Å². The van der Waals surface area contributed by atoms with Crippen molar-refractivity contribution in [1.82, 2.24) is 4.90 Å². The third kappa shape index (κ3) is 5.01. The van der Waals surface area contributed by atoms with E-state index in [9.17, 15) is 24.6 Å². The quantitative estimate of drug-likeness (QED) is 0.263. The highest BCUT2D eigenvalue weighted by Crippen LogP contribution is 2.42. The van der Waals surface area contributed by atoms with E-state index in [4.69, 9.17) is 16.3 Å². The van der Waals surface area contributed by atoms with Crippen molar-refractivity contribution >= 4 is 40.7 Å². The summed E-state index contributed by atoms with van der Waals surface area (Å²) in [5.74, 6) is -2.81. The molecule has 3 aromatic rings. The average Bonchev–Trinajstić information content (AvgIpc) is 3.13. The van der Waals surface area contributed by atoms with Gasteiger partial charge in [-0.1, -0.05) is 35.9 Å². The highest BCUT2D eigenvalue weighted by molar-refractivity contribution is 6.46. The number of carbonyl (C=O) groups excluding carboxylic acids is 2. The number of Topliss-reactive ketones (excluding diaryl/α,β-unsaturated/α-hetero) is 1. The molecule has 0 bridgehead atoms. The molecule has 9 heteroatoms. The predicted octanol–water partition coefficient (Wildman–Crippen LogP) is 4.73. The number of methoxy groups -OCH3 is 1. The summed E-state index contributed by atoms with van der Waals surface area (Å²) >= 11 is 6.16. The Balaban J connectivity index is 1.86. The van der Waals surface area contributed by atoms with Crippen molar-refractivity contribution in [3.05, 3.63) is 99.6 Å². The SMILES string of the molecule is COc1ccc(Cl)cc1/C(O)=C1\C(=O)C(=O)N(Cc2ccc(C(=O)O)cc2)C1c1ccc(N(C)C)cc1. The average molecular weight is 521 g/mol. The first-order valence-corrected chi connectivity index (χ1v) is 11.7. The molecule has 1 unspecified atom stereocenters. The van der Waals surface area contributed by atoms with Gasteiger partial charge in [0.1, 0.15) is 11.5 Å². The number of ketones is 1. The summed E-state index contributed by atoms with van der Waals surface area (Å²) in [6.45, 7) is 0.0219. The minimum atomic E-state index is -1.07. The first-order valence-electron chi connectivity index (χ1n) is 11.3. The van der Waals surface area contributed by atoms with Crippen molar-refractivity contribution in [2.45, 2.75) is 12.6 Å². The molecule has 8 nitrogen and oxygen atoms in total. The maximum atomic E-state index is 13.3. The molecular weight excluding hydrogens is 496 g/mol. The molecule has 0 saturated carbocycles. The molecule has 0 spiro atoms. The second-order valence-corrected chi connectivity index (χ2v) is 9.20. The Morgan fingerprint density at radius 2 is 1.65 bits per heavy atom. The maximum Gasteiger partial charge on any atom is 0.335 e. The minimum Gasteiger partial charge on any atom is -0.507 e. The maximum absolute atomic E-state index is 13.3. The van der Waals surface area contributed by atoms with Gasteiger partial charge in [-0.3, -0.25) is 9.59 Å². The Hall–Kier alpha value is -4.30. The lowest BCUT2D eigenvalue weighted by Crippen LogP contribution is -2.29. The van der Waals surface area contributed by atoms with Gasteiger partial charge in [-0.05, 0) is 53.6 Å². The van der Waals surface area contributed by atoms with Gasteiger partial charge in [-0.25, -0.2) is 4.79 Å². The summed E-state index contributed by atoms with van der Waals surface area (Å²) in [6, 6.07) is 17.1. The number of aliphatic hydroxyl groups is 1. The topological polar surface area (TPSA) is 107 Å². The summed E-state index contributed by atoms with van der Waals surface area (Å²) in [4.78, 5) is 41.1. The first kappa shape index (κ1) is 25.8. The Bertz CT molecular complexity index is 1400. The van der Waals surface area contributed by atoms with E-state index in [1.54, 1.807) is 36.4 Å². The van der Waals surface area contributed by atoms with Crippen LogP contribution in [0.2, 0.25) is 5.02 Å². The largest absolute Gasteiger partial charge is 0.507 e. The van der Waals surface area contributed by atoms with Crippen LogP contribution in [-0.2, 0) is 16.1 Å². The third-order valence-electron chi connectivity index (χ3n) is 6.24. The van der Waals surface area contributed by atoms with Crippen molar-refractivity contribution in [1.29, 1.82) is 0 Å². The number of rotatable bonds is 7. The van der Waals surface area contributed by atoms with Crippen LogP contribution in [0.15, 0.2) is 72.3 Å². The van der Waals surface area contributed by atoms with E-state index < -0.39 is 29.5 Å². The third-order valence-corrected chi connectivity index (χ3v) is 6.47. The number of benzene rings is 3. The molecule has 4 rings (SSSR count). The van der Waals surface area contributed by atoms with Gasteiger partial charge in [0.2, 0.25) is 0 Å². The number of aliphatic hydroxyl groups excluding tert-OH is 1. The van der Waals surface area contributed by atoms with Gasteiger partial charge >= 0.3 is 5.97 Å². The van der Waals surface area contributed by atoms with Crippen molar-refractivity contribution < 1.29 is 29.3 Å². The number of likely N-dealkylation sites (tertiary alicyclic amines) is 1. The van der Waals surface area contributed by atoms with Gasteiger partial charge in [0.05, 0.1) is 29.9 Å². The lowest BCUT2D eigenvalue weighted by atomic mass is 9.94. The molecule has 2 N–H and O–H groups in total. The van der Waals surface area contributed by atoms with Gasteiger partial charge in [-0.15, -0.1) is 0 Å². The fourth-order valence-electron chi connectivity index (χ4n) is 4.30. The van der Waals surface area contributed by atoms with Crippen molar-refractivity contribution in [2.75, 3.05) is 26.1 Å². The lowest BCUT2D eigenvalue weighted by molar-refractivity contribution is -0.140. The number of anilines is 1. The molecule has 37 heavy (non-hydrogen) atoms. The fraction of sp³-hybridized carbons (Fsp3) is 0.179. The lowest BCUT2D eigenvalue weighted by Gasteiger charge is -2.26. The summed E-state index contributed by atoms with van der Waals surface area (Å²) < 4.78 is 5.36. The number of amides is 1. The standard InChI is InChI=1S/C28H25ClN2O6/c1-30(2)20-11-8-17(9-12-20)24-23(25(32)21-14-19(29)10-13-22(21)37-3)26(33)27(34)31(24)15-16-4-6-18(7-5-16)28(35)36/h4-14,24,32H,15H2,1-3H3,(H,35,36)/b25-23+. The number of carboxylic acid groups (broad SMARTS) is 1. The highest BCUT2D eigenvalue weighted by Gasteiger charge is 2.46. The molecule has 1 amide bonds. The smallest absolute Gasteiger partial charge is 0.335 e.